The second-order valence-electron chi connectivity index (χ2n) is 4.11. The van der Waals surface area contributed by atoms with E-state index in [0.717, 1.165) is 24.2 Å². The molecular formula is C11H17BrClN3. The van der Waals surface area contributed by atoms with Gasteiger partial charge in [0, 0.05) is 19.3 Å². The Morgan fingerprint density at radius 1 is 1.56 bits per heavy atom. The van der Waals surface area contributed by atoms with Crippen LogP contribution in [0.1, 0.15) is 12.0 Å². The third-order valence-corrected chi connectivity index (χ3v) is 3.33. The lowest BCUT2D eigenvalue weighted by Gasteiger charge is -2.15. The molecule has 1 aliphatic rings. The van der Waals surface area contributed by atoms with Gasteiger partial charge >= 0.3 is 0 Å². The molecule has 1 aromatic heterocycles. The molecule has 1 aliphatic heterocycles. The Labute approximate surface area is 111 Å². The van der Waals surface area contributed by atoms with E-state index in [0.29, 0.717) is 5.92 Å². The Kier molecular flexibility index (Phi) is 5.69. The van der Waals surface area contributed by atoms with Crippen molar-refractivity contribution in [3.05, 3.63) is 28.5 Å². The molecule has 1 atom stereocenters. The maximum Gasteiger partial charge on any atom is 0.106 e. The first-order chi connectivity index (χ1) is 7.28. The Bertz CT molecular complexity index is 335. The zero-order valence-corrected chi connectivity index (χ0v) is 11.5. The highest BCUT2D eigenvalue weighted by Crippen LogP contribution is 2.18. The van der Waals surface area contributed by atoms with Crippen LogP contribution in [0.5, 0.6) is 0 Å². The summed E-state index contributed by atoms with van der Waals surface area (Å²) in [6.07, 6.45) is 3.08. The summed E-state index contributed by atoms with van der Waals surface area (Å²) in [5.74, 6) is 0.690. The molecule has 1 unspecified atom stereocenters. The first-order valence-corrected chi connectivity index (χ1v) is 6.10. The van der Waals surface area contributed by atoms with Crippen molar-refractivity contribution in [3.8, 4) is 0 Å². The number of hydrogen-bond donors (Lipinski definition) is 1. The Morgan fingerprint density at radius 3 is 3.00 bits per heavy atom. The fraction of sp³-hybridized carbons (Fsp3) is 0.545. The molecule has 0 amide bonds. The monoisotopic (exact) mass is 305 g/mol. The lowest BCUT2D eigenvalue weighted by atomic mass is 10.1. The van der Waals surface area contributed by atoms with Crippen LogP contribution in [0.4, 0.5) is 0 Å². The molecule has 1 saturated heterocycles. The van der Waals surface area contributed by atoms with Gasteiger partial charge in [-0.25, -0.2) is 4.98 Å². The van der Waals surface area contributed by atoms with Gasteiger partial charge in [0.05, 0.1) is 0 Å². The Morgan fingerprint density at radius 2 is 2.38 bits per heavy atom. The van der Waals surface area contributed by atoms with Gasteiger partial charge in [-0.05, 0) is 59.1 Å². The van der Waals surface area contributed by atoms with Crippen molar-refractivity contribution in [3.63, 3.8) is 0 Å². The van der Waals surface area contributed by atoms with E-state index in [1.807, 2.05) is 6.20 Å². The first-order valence-electron chi connectivity index (χ1n) is 5.31. The zero-order valence-electron chi connectivity index (χ0n) is 9.10. The minimum atomic E-state index is 0. The summed E-state index contributed by atoms with van der Waals surface area (Å²) in [7, 11) is 0. The van der Waals surface area contributed by atoms with Gasteiger partial charge in [-0.1, -0.05) is 0 Å². The van der Waals surface area contributed by atoms with Crippen molar-refractivity contribution in [1.82, 2.24) is 9.88 Å². The molecule has 0 spiro atoms. The fourth-order valence-electron chi connectivity index (χ4n) is 2.05. The first kappa shape index (κ1) is 13.9. The van der Waals surface area contributed by atoms with E-state index in [1.165, 1.54) is 18.5 Å². The maximum absolute atomic E-state index is 5.67. The summed E-state index contributed by atoms with van der Waals surface area (Å²) >= 11 is 3.39. The lowest BCUT2D eigenvalue weighted by Crippen LogP contribution is -2.22. The number of likely N-dealkylation sites (tertiary alicyclic amines) is 1. The van der Waals surface area contributed by atoms with E-state index in [4.69, 9.17) is 5.73 Å². The molecule has 16 heavy (non-hydrogen) atoms. The third kappa shape index (κ3) is 3.70. The van der Waals surface area contributed by atoms with Gasteiger partial charge in [-0.2, -0.15) is 0 Å². The summed E-state index contributed by atoms with van der Waals surface area (Å²) in [4.78, 5) is 6.58. The molecule has 1 fully saturated rings. The Hall–Kier alpha value is -0.160. The van der Waals surface area contributed by atoms with Crippen molar-refractivity contribution in [2.45, 2.75) is 13.0 Å². The fourth-order valence-corrected chi connectivity index (χ4v) is 2.46. The molecule has 3 nitrogen and oxygen atoms in total. The van der Waals surface area contributed by atoms with Crippen LogP contribution in [0, 0.1) is 5.92 Å². The predicted octanol–water partition coefficient (Wildman–Crippen LogP) is 2.05. The van der Waals surface area contributed by atoms with E-state index in [9.17, 15) is 0 Å². The van der Waals surface area contributed by atoms with E-state index in [2.05, 4.69) is 37.9 Å². The highest BCUT2D eigenvalue weighted by molar-refractivity contribution is 9.10. The molecule has 0 aromatic carbocycles. The molecule has 0 bridgehead atoms. The highest BCUT2D eigenvalue weighted by Gasteiger charge is 2.20. The van der Waals surface area contributed by atoms with Gasteiger partial charge in [0.15, 0.2) is 0 Å². The number of hydrogen-bond acceptors (Lipinski definition) is 3. The smallest absolute Gasteiger partial charge is 0.106 e. The number of halogens is 2. The van der Waals surface area contributed by atoms with Gasteiger partial charge in [0.25, 0.3) is 0 Å². The lowest BCUT2D eigenvalue weighted by molar-refractivity contribution is 0.318. The van der Waals surface area contributed by atoms with Crippen molar-refractivity contribution in [2.75, 3.05) is 19.6 Å². The molecule has 5 heteroatoms. The van der Waals surface area contributed by atoms with E-state index >= 15 is 0 Å². The summed E-state index contributed by atoms with van der Waals surface area (Å²) < 4.78 is 0.912. The van der Waals surface area contributed by atoms with Crippen molar-refractivity contribution in [1.29, 1.82) is 0 Å². The van der Waals surface area contributed by atoms with Gasteiger partial charge in [-0.3, -0.25) is 4.90 Å². The van der Waals surface area contributed by atoms with E-state index in [-0.39, 0.29) is 12.4 Å². The van der Waals surface area contributed by atoms with Crippen LogP contribution >= 0.6 is 28.3 Å². The van der Waals surface area contributed by atoms with Gasteiger partial charge < -0.3 is 5.73 Å². The Balaban J connectivity index is 0.00000128. The average molecular weight is 307 g/mol. The molecule has 90 valence electrons. The maximum atomic E-state index is 5.67. The summed E-state index contributed by atoms with van der Waals surface area (Å²) in [5, 5.41) is 0. The molecular weight excluding hydrogens is 289 g/mol. The topological polar surface area (TPSA) is 42.1 Å². The molecule has 2 heterocycles. The minimum absolute atomic E-state index is 0. The number of nitrogens with two attached hydrogens (primary N) is 1. The van der Waals surface area contributed by atoms with E-state index in [1.54, 1.807) is 0 Å². The quantitative estimate of drug-likeness (QED) is 0.869. The highest BCUT2D eigenvalue weighted by atomic mass is 79.9. The van der Waals surface area contributed by atoms with Crippen LogP contribution in [0.2, 0.25) is 0 Å². The third-order valence-electron chi connectivity index (χ3n) is 2.90. The summed E-state index contributed by atoms with van der Waals surface area (Å²) in [5.41, 5.74) is 6.98. The molecule has 2 rings (SSSR count). The average Bonchev–Trinajstić information content (AvgIpc) is 2.65. The van der Waals surface area contributed by atoms with Crippen molar-refractivity contribution in [2.24, 2.45) is 11.7 Å². The second-order valence-corrected chi connectivity index (χ2v) is 4.92. The molecule has 0 aliphatic carbocycles. The largest absolute Gasteiger partial charge is 0.330 e. The van der Waals surface area contributed by atoms with Gasteiger partial charge in [-0.15, -0.1) is 12.4 Å². The normalized spacial score (nSPS) is 20.8. The van der Waals surface area contributed by atoms with Crippen LogP contribution in [-0.4, -0.2) is 29.5 Å². The van der Waals surface area contributed by atoms with Crippen LogP contribution in [0.15, 0.2) is 22.9 Å². The number of nitrogens with zero attached hydrogens (tertiary/aromatic N) is 2. The SMILES string of the molecule is Cl.NCC1CCN(Cc2ccnc(Br)c2)C1. The summed E-state index contributed by atoms with van der Waals surface area (Å²) in [6.45, 7) is 4.13. The summed E-state index contributed by atoms with van der Waals surface area (Å²) in [6, 6.07) is 4.15. The van der Waals surface area contributed by atoms with Gasteiger partial charge in [0.1, 0.15) is 4.60 Å². The van der Waals surface area contributed by atoms with Crippen LogP contribution in [0.25, 0.3) is 0 Å². The molecule has 2 N–H and O–H groups in total. The standard InChI is InChI=1S/C11H16BrN3.ClH/c12-11-5-9(1-3-14-11)7-15-4-2-10(6-13)8-15;/h1,3,5,10H,2,4,6-8,13H2;1H. The molecule has 0 saturated carbocycles. The van der Waals surface area contributed by atoms with Crippen LogP contribution in [0.3, 0.4) is 0 Å². The number of pyridine rings is 1. The zero-order chi connectivity index (χ0) is 10.7. The van der Waals surface area contributed by atoms with Gasteiger partial charge in [0.2, 0.25) is 0 Å². The van der Waals surface area contributed by atoms with E-state index < -0.39 is 0 Å². The van der Waals surface area contributed by atoms with Crippen LogP contribution < -0.4 is 5.73 Å². The molecule has 0 radical (unpaired) electrons. The second kappa shape index (κ2) is 6.55. The molecule has 1 aromatic rings. The van der Waals surface area contributed by atoms with Crippen molar-refractivity contribution >= 4 is 28.3 Å². The van der Waals surface area contributed by atoms with Crippen LogP contribution in [-0.2, 0) is 6.54 Å². The van der Waals surface area contributed by atoms with Crippen molar-refractivity contribution < 1.29 is 0 Å². The number of rotatable bonds is 3. The predicted molar refractivity (Wildman–Crippen MR) is 71.6 cm³/mol. The number of aromatic nitrogens is 1. The minimum Gasteiger partial charge on any atom is -0.330 e.